The highest BCUT2D eigenvalue weighted by molar-refractivity contribution is 9.12. The Bertz CT molecular complexity index is 304. The first-order chi connectivity index (χ1) is 6.61. The first-order valence-corrected chi connectivity index (χ1v) is 5.37. The van der Waals surface area contributed by atoms with E-state index in [4.69, 9.17) is 4.74 Å². The van der Waals surface area contributed by atoms with Crippen molar-refractivity contribution in [3.05, 3.63) is 21.9 Å². The van der Waals surface area contributed by atoms with Crippen molar-refractivity contribution >= 4 is 21.9 Å². The molecule has 1 aliphatic rings. The van der Waals surface area contributed by atoms with Crippen molar-refractivity contribution in [1.82, 2.24) is 0 Å². The van der Waals surface area contributed by atoms with Crippen molar-refractivity contribution in [2.45, 2.75) is 32.8 Å². The SMILES string of the molecule is C/C=C1\OC(=O)C(C(O)CCC)=C1Br. The van der Waals surface area contributed by atoms with E-state index in [2.05, 4.69) is 15.9 Å². The first-order valence-electron chi connectivity index (χ1n) is 4.58. The third-order valence-corrected chi connectivity index (χ3v) is 2.85. The van der Waals surface area contributed by atoms with E-state index in [1.165, 1.54) is 0 Å². The Labute approximate surface area is 91.6 Å². The van der Waals surface area contributed by atoms with Crippen molar-refractivity contribution in [3.8, 4) is 0 Å². The topological polar surface area (TPSA) is 46.5 Å². The normalized spacial score (nSPS) is 21.7. The van der Waals surface area contributed by atoms with E-state index in [9.17, 15) is 9.90 Å². The van der Waals surface area contributed by atoms with Crippen molar-refractivity contribution in [2.75, 3.05) is 0 Å². The Morgan fingerprint density at radius 2 is 2.29 bits per heavy atom. The molecule has 0 spiro atoms. The summed E-state index contributed by atoms with van der Waals surface area (Å²) in [6, 6.07) is 0. The Kier molecular flexibility index (Phi) is 3.89. The highest BCUT2D eigenvalue weighted by atomic mass is 79.9. The highest BCUT2D eigenvalue weighted by Gasteiger charge is 2.32. The summed E-state index contributed by atoms with van der Waals surface area (Å²) in [7, 11) is 0. The van der Waals surface area contributed by atoms with Crippen molar-refractivity contribution in [1.29, 1.82) is 0 Å². The molecule has 0 aromatic rings. The van der Waals surface area contributed by atoms with Gasteiger partial charge in [-0.2, -0.15) is 0 Å². The highest BCUT2D eigenvalue weighted by Crippen LogP contribution is 2.33. The average Bonchev–Trinajstić information content (AvgIpc) is 2.41. The predicted molar refractivity (Wildman–Crippen MR) is 56.7 cm³/mol. The summed E-state index contributed by atoms with van der Waals surface area (Å²) in [4.78, 5) is 11.4. The van der Waals surface area contributed by atoms with Crippen LogP contribution in [0.3, 0.4) is 0 Å². The molecule has 0 amide bonds. The molecule has 1 heterocycles. The molecule has 1 aliphatic heterocycles. The number of ether oxygens (including phenoxy) is 1. The fourth-order valence-corrected chi connectivity index (χ4v) is 2.04. The van der Waals surface area contributed by atoms with Gasteiger partial charge >= 0.3 is 5.97 Å². The van der Waals surface area contributed by atoms with Crippen molar-refractivity contribution in [2.24, 2.45) is 0 Å². The number of carbonyl (C=O) groups is 1. The Hall–Kier alpha value is -0.610. The second-order valence-corrected chi connectivity index (χ2v) is 3.87. The lowest BCUT2D eigenvalue weighted by molar-refractivity contribution is -0.134. The van der Waals surface area contributed by atoms with E-state index in [1.807, 2.05) is 6.92 Å². The summed E-state index contributed by atoms with van der Waals surface area (Å²) < 4.78 is 5.52. The molecule has 1 rings (SSSR count). The van der Waals surface area contributed by atoms with Gasteiger partial charge in [0.2, 0.25) is 0 Å². The van der Waals surface area contributed by atoms with Crippen LogP contribution in [0, 0.1) is 0 Å². The number of hydrogen-bond acceptors (Lipinski definition) is 3. The smallest absolute Gasteiger partial charge is 0.343 e. The fraction of sp³-hybridized carbons (Fsp3) is 0.500. The van der Waals surface area contributed by atoms with Crippen LogP contribution in [0.4, 0.5) is 0 Å². The molecule has 1 N–H and O–H groups in total. The van der Waals surface area contributed by atoms with Crippen molar-refractivity contribution in [3.63, 3.8) is 0 Å². The lowest BCUT2D eigenvalue weighted by atomic mass is 10.1. The van der Waals surface area contributed by atoms with Crippen LogP contribution in [0.25, 0.3) is 0 Å². The van der Waals surface area contributed by atoms with Gasteiger partial charge in [-0.1, -0.05) is 13.3 Å². The molecule has 0 saturated carbocycles. The van der Waals surface area contributed by atoms with E-state index in [-0.39, 0.29) is 0 Å². The third kappa shape index (κ3) is 2.07. The zero-order valence-electron chi connectivity index (χ0n) is 8.21. The molecule has 0 radical (unpaired) electrons. The van der Waals surface area contributed by atoms with Gasteiger partial charge in [-0.3, -0.25) is 0 Å². The standard InChI is InChI=1S/C10H13BrO3/c1-3-5-6(12)8-9(11)7(4-2)14-10(8)13/h4,6,12H,3,5H2,1-2H3/b7-4-. The number of halogens is 1. The van der Waals surface area contributed by atoms with Gasteiger partial charge in [-0.15, -0.1) is 0 Å². The van der Waals surface area contributed by atoms with E-state index in [1.54, 1.807) is 13.0 Å². The molecular formula is C10H13BrO3. The number of aliphatic hydroxyl groups is 1. The first kappa shape index (κ1) is 11.5. The molecular weight excluding hydrogens is 248 g/mol. The Balaban J connectivity index is 2.95. The van der Waals surface area contributed by atoms with Crippen molar-refractivity contribution < 1.29 is 14.6 Å². The van der Waals surface area contributed by atoms with Crippen LogP contribution in [-0.2, 0) is 9.53 Å². The van der Waals surface area contributed by atoms with Crippen LogP contribution in [0.5, 0.6) is 0 Å². The molecule has 0 aromatic heterocycles. The third-order valence-electron chi connectivity index (χ3n) is 2.03. The predicted octanol–water partition coefficient (Wildman–Crippen LogP) is 2.26. The van der Waals surface area contributed by atoms with Crippen LogP contribution in [0.2, 0.25) is 0 Å². The number of hydrogen-bond donors (Lipinski definition) is 1. The van der Waals surface area contributed by atoms with Gasteiger partial charge in [0, 0.05) is 0 Å². The molecule has 1 atom stereocenters. The van der Waals surface area contributed by atoms with Gasteiger partial charge in [0.15, 0.2) is 0 Å². The minimum Gasteiger partial charge on any atom is -0.422 e. The zero-order valence-corrected chi connectivity index (χ0v) is 9.80. The molecule has 3 nitrogen and oxygen atoms in total. The molecule has 1 unspecified atom stereocenters. The Morgan fingerprint density at radius 3 is 2.71 bits per heavy atom. The minimum atomic E-state index is -0.737. The Morgan fingerprint density at radius 1 is 1.64 bits per heavy atom. The van der Waals surface area contributed by atoms with Crippen LogP contribution in [-0.4, -0.2) is 17.2 Å². The molecule has 0 fully saturated rings. The second-order valence-electron chi connectivity index (χ2n) is 3.07. The van der Waals surface area contributed by atoms with Crippen LogP contribution in [0.1, 0.15) is 26.7 Å². The van der Waals surface area contributed by atoms with Gasteiger partial charge in [0.05, 0.1) is 16.2 Å². The molecule has 0 aromatic carbocycles. The lowest BCUT2D eigenvalue weighted by Gasteiger charge is -2.07. The van der Waals surface area contributed by atoms with E-state index in [0.29, 0.717) is 22.2 Å². The van der Waals surface area contributed by atoms with Gasteiger partial charge in [-0.05, 0) is 35.4 Å². The quantitative estimate of drug-likeness (QED) is 0.792. The van der Waals surface area contributed by atoms with Gasteiger partial charge in [-0.25, -0.2) is 4.79 Å². The summed E-state index contributed by atoms with van der Waals surface area (Å²) in [6.45, 7) is 3.73. The summed E-state index contributed by atoms with van der Waals surface area (Å²) >= 11 is 3.25. The lowest BCUT2D eigenvalue weighted by Crippen LogP contribution is -2.15. The van der Waals surface area contributed by atoms with Crippen LogP contribution in [0.15, 0.2) is 21.9 Å². The van der Waals surface area contributed by atoms with Crippen LogP contribution >= 0.6 is 15.9 Å². The monoisotopic (exact) mass is 260 g/mol. The maximum absolute atomic E-state index is 11.4. The summed E-state index contributed by atoms with van der Waals surface area (Å²) in [6.07, 6.45) is 2.34. The molecule has 0 saturated heterocycles. The van der Waals surface area contributed by atoms with Crippen LogP contribution < -0.4 is 0 Å². The fourth-order valence-electron chi connectivity index (χ4n) is 1.31. The number of esters is 1. The zero-order chi connectivity index (χ0) is 10.7. The number of aliphatic hydroxyl groups excluding tert-OH is 1. The number of cyclic esters (lactones) is 1. The summed E-state index contributed by atoms with van der Waals surface area (Å²) in [5.41, 5.74) is 0.333. The van der Waals surface area contributed by atoms with Gasteiger partial charge in [0.1, 0.15) is 5.76 Å². The average molecular weight is 261 g/mol. The molecule has 0 aliphatic carbocycles. The number of carbonyl (C=O) groups excluding carboxylic acids is 1. The molecule has 14 heavy (non-hydrogen) atoms. The van der Waals surface area contributed by atoms with E-state index < -0.39 is 12.1 Å². The maximum atomic E-state index is 11.4. The van der Waals surface area contributed by atoms with Gasteiger partial charge < -0.3 is 9.84 Å². The molecule has 78 valence electrons. The second kappa shape index (κ2) is 4.75. The van der Waals surface area contributed by atoms with E-state index in [0.717, 1.165) is 6.42 Å². The summed E-state index contributed by atoms with van der Waals surface area (Å²) in [5.74, 6) is 0.0334. The maximum Gasteiger partial charge on any atom is 0.343 e. The van der Waals surface area contributed by atoms with E-state index >= 15 is 0 Å². The minimum absolute atomic E-state index is 0.333. The number of allylic oxidation sites excluding steroid dienone is 2. The molecule has 0 bridgehead atoms. The summed E-state index contributed by atoms with van der Waals surface area (Å²) in [5, 5.41) is 9.69. The van der Waals surface area contributed by atoms with Gasteiger partial charge in [0.25, 0.3) is 0 Å². The number of rotatable bonds is 3. The largest absolute Gasteiger partial charge is 0.422 e. The molecule has 4 heteroatoms.